The molecule has 0 saturated carbocycles. The van der Waals surface area contributed by atoms with Gasteiger partial charge in [0.15, 0.2) is 5.82 Å². The fourth-order valence-electron chi connectivity index (χ4n) is 1.88. The first-order chi connectivity index (χ1) is 7.18. The Balaban J connectivity index is 2.24. The third-order valence-corrected chi connectivity index (χ3v) is 2.74. The fourth-order valence-corrected chi connectivity index (χ4v) is 1.88. The van der Waals surface area contributed by atoms with Crippen LogP contribution in [0.25, 0.3) is 0 Å². The fraction of sp³-hybridized carbons (Fsp3) is 0.636. The quantitative estimate of drug-likeness (QED) is 0.801. The van der Waals surface area contributed by atoms with Gasteiger partial charge in [-0.15, -0.1) is 0 Å². The van der Waals surface area contributed by atoms with Crippen molar-refractivity contribution in [3.8, 4) is 0 Å². The molecule has 0 amide bonds. The Morgan fingerprint density at radius 2 is 2.40 bits per heavy atom. The minimum Gasteiger partial charge on any atom is -0.370 e. The number of nitrogens with two attached hydrogens (primary N) is 1. The van der Waals surface area contributed by atoms with Gasteiger partial charge in [-0.2, -0.15) is 0 Å². The molecule has 0 aromatic carbocycles. The molecule has 2 atom stereocenters. The van der Waals surface area contributed by atoms with Crippen LogP contribution in [0.2, 0.25) is 0 Å². The monoisotopic (exact) mass is 207 g/mol. The van der Waals surface area contributed by atoms with E-state index in [-0.39, 0.29) is 12.1 Å². The van der Waals surface area contributed by atoms with Gasteiger partial charge in [-0.25, -0.2) is 9.97 Å². The zero-order valence-corrected chi connectivity index (χ0v) is 9.23. The number of hydrogen-bond acceptors (Lipinski definition) is 4. The Morgan fingerprint density at radius 1 is 1.60 bits per heavy atom. The summed E-state index contributed by atoms with van der Waals surface area (Å²) in [5.74, 6) is 0.800. The van der Waals surface area contributed by atoms with E-state index < -0.39 is 0 Å². The maximum absolute atomic E-state index is 5.81. The average molecular weight is 207 g/mol. The van der Waals surface area contributed by atoms with Crippen molar-refractivity contribution in [1.29, 1.82) is 0 Å². The van der Waals surface area contributed by atoms with E-state index >= 15 is 0 Å². The molecule has 15 heavy (non-hydrogen) atoms. The Hall–Kier alpha value is -1.00. The Bertz CT molecular complexity index is 346. The van der Waals surface area contributed by atoms with Crippen molar-refractivity contribution >= 4 is 0 Å². The summed E-state index contributed by atoms with van der Waals surface area (Å²) in [7, 11) is 0. The van der Waals surface area contributed by atoms with Crippen LogP contribution in [-0.2, 0) is 4.74 Å². The lowest BCUT2D eigenvalue weighted by atomic mass is 10.1. The van der Waals surface area contributed by atoms with Crippen molar-refractivity contribution in [3.05, 3.63) is 23.3 Å². The van der Waals surface area contributed by atoms with Gasteiger partial charge in [0.25, 0.3) is 0 Å². The highest BCUT2D eigenvalue weighted by molar-refractivity contribution is 5.20. The van der Waals surface area contributed by atoms with Crippen LogP contribution in [0.5, 0.6) is 0 Å². The second kappa shape index (κ2) is 4.24. The molecule has 0 spiro atoms. The minimum atomic E-state index is -0.0106. The van der Waals surface area contributed by atoms with Crippen molar-refractivity contribution in [1.82, 2.24) is 9.97 Å². The zero-order chi connectivity index (χ0) is 10.8. The highest BCUT2D eigenvalue weighted by atomic mass is 16.5. The first-order valence-corrected chi connectivity index (χ1v) is 5.39. The summed E-state index contributed by atoms with van der Waals surface area (Å²) in [6, 6.07) is -0.0106. The van der Waals surface area contributed by atoms with Gasteiger partial charge in [0.2, 0.25) is 0 Å². The van der Waals surface area contributed by atoms with Crippen LogP contribution in [0.15, 0.2) is 6.20 Å². The molecule has 1 aromatic heterocycles. The molecule has 1 aromatic rings. The van der Waals surface area contributed by atoms with Crippen LogP contribution < -0.4 is 5.73 Å². The summed E-state index contributed by atoms with van der Waals surface area (Å²) in [5, 5.41) is 0. The number of hydrogen-bond donors (Lipinski definition) is 1. The summed E-state index contributed by atoms with van der Waals surface area (Å²) in [4.78, 5) is 8.79. The van der Waals surface area contributed by atoms with E-state index in [4.69, 9.17) is 10.5 Å². The molecule has 82 valence electrons. The molecule has 1 fully saturated rings. The van der Waals surface area contributed by atoms with Crippen molar-refractivity contribution in [3.63, 3.8) is 0 Å². The first kappa shape index (κ1) is 10.5. The Kier molecular flexibility index (Phi) is 2.98. The molecule has 1 saturated heterocycles. The predicted molar refractivity (Wildman–Crippen MR) is 57.3 cm³/mol. The molecule has 1 aliphatic rings. The predicted octanol–water partition coefficient (Wildman–Crippen LogP) is 1.66. The second-order valence-corrected chi connectivity index (χ2v) is 4.06. The molecule has 1 aliphatic heterocycles. The standard InChI is InChI=1S/C11H17N3O/c1-7(12)9-6-13-11(14-8(9)2)10-4-3-5-15-10/h6-7,10H,3-5,12H2,1-2H3/t7-,10?/m1/s1. The van der Waals surface area contributed by atoms with E-state index in [1.54, 1.807) is 0 Å². The second-order valence-electron chi connectivity index (χ2n) is 4.06. The van der Waals surface area contributed by atoms with Gasteiger partial charge in [0, 0.05) is 30.1 Å². The molecule has 4 nitrogen and oxygen atoms in total. The summed E-state index contributed by atoms with van der Waals surface area (Å²) < 4.78 is 5.54. The van der Waals surface area contributed by atoms with Gasteiger partial charge < -0.3 is 10.5 Å². The van der Waals surface area contributed by atoms with Crippen LogP contribution in [0.1, 0.15) is 49.0 Å². The minimum absolute atomic E-state index is 0.0106. The van der Waals surface area contributed by atoms with Gasteiger partial charge in [-0.1, -0.05) is 0 Å². The lowest BCUT2D eigenvalue weighted by Crippen LogP contribution is -2.12. The smallest absolute Gasteiger partial charge is 0.157 e. The summed E-state index contributed by atoms with van der Waals surface area (Å²) in [5.41, 5.74) is 7.78. The van der Waals surface area contributed by atoms with E-state index in [9.17, 15) is 0 Å². The molecule has 1 unspecified atom stereocenters. The van der Waals surface area contributed by atoms with E-state index in [1.807, 2.05) is 20.0 Å². The molecule has 0 radical (unpaired) electrons. The highest BCUT2D eigenvalue weighted by Gasteiger charge is 2.21. The number of aromatic nitrogens is 2. The molecule has 0 aliphatic carbocycles. The third kappa shape index (κ3) is 2.16. The summed E-state index contributed by atoms with van der Waals surface area (Å²) >= 11 is 0. The van der Waals surface area contributed by atoms with Gasteiger partial charge in [0.05, 0.1) is 0 Å². The summed E-state index contributed by atoms with van der Waals surface area (Å²) in [6.07, 6.45) is 4.04. The van der Waals surface area contributed by atoms with E-state index in [1.165, 1.54) is 0 Å². The first-order valence-electron chi connectivity index (χ1n) is 5.39. The van der Waals surface area contributed by atoms with Crippen LogP contribution >= 0.6 is 0 Å². The molecule has 4 heteroatoms. The van der Waals surface area contributed by atoms with Crippen molar-refractivity contribution in [2.24, 2.45) is 5.73 Å². The molecule has 2 rings (SSSR count). The van der Waals surface area contributed by atoms with Gasteiger partial charge in [0.1, 0.15) is 6.10 Å². The SMILES string of the molecule is Cc1nc(C2CCCO2)ncc1[C@@H](C)N. The average Bonchev–Trinajstić information content (AvgIpc) is 2.69. The van der Waals surface area contributed by atoms with Gasteiger partial charge >= 0.3 is 0 Å². The molecule has 2 heterocycles. The maximum Gasteiger partial charge on any atom is 0.157 e. The van der Waals surface area contributed by atoms with E-state index in [0.717, 1.165) is 36.5 Å². The third-order valence-electron chi connectivity index (χ3n) is 2.74. The maximum atomic E-state index is 5.81. The van der Waals surface area contributed by atoms with Crippen molar-refractivity contribution in [2.75, 3.05) is 6.61 Å². The Labute approximate surface area is 89.9 Å². The molecule has 2 N–H and O–H groups in total. The lowest BCUT2D eigenvalue weighted by molar-refractivity contribution is 0.105. The zero-order valence-electron chi connectivity index (χ0n) is 9.23. The van der Waals surface area contributed by atoms with Crippen LogP contribution in [-0.4, -0.2) is 16.6 Å². The topological polar surface area (TPSA) is 61.0 Å². The van der Waals surface area contributed by atoms with Gasteiger partial charge in [-0.3, -0.25) is 0 Å². The van der Waals surface area contributed by atoms with E-state index in [2.05, 4.69) is 9.97 Å². The number of ether oxygens (including phenoxy) is 1. The van der Waals surface area contributed by atoms with Crippen molar-refractivity contribution < 1.29 is 4.74 Å². The van der Waals surface area contributed by atoms with Crippen LogP contribution in [0, 0.1) is 6.92 Å². The van der Waals surface area contributed by atoms with E-state index in [0.29, 0.717) is 0 Å². The van der Waals surface area contributed by atoms with Gasteiger partial charge in [-0.05, 0) is 26.7 Å². The number of rotatable bonds is 2. The highest BCUT2D eigenvalue weighted by Crippen LogP contribution is 2.26. The van der Waals surface area contributed by atoms with Crippen molar-refractivity contribution in [2.45, 2.75) is 38.8 Å². The lowest BCUT2D eigenvalue weighted by Gasteiger charge is -2.12. The number of aryl methyl sites for hydroxylation is 1. The number of nitrogens with zero attached hydrogens (tertiary/aromatic N) is 2. The molecular weight excluding hydrogens is 190 g/mol. The largest absolute Gasteiger partial charge is 0.370 e. The van der Waals surface area contributed by atoms with Crippen LogP contribution in [0.3, 0.4) is 0 Å². The van der Waals surface area contributed by atoms with Crippen LogP contribution in [0.4, 0.5) is 0 Å². The Morgan fingerprint density at radius 3 is 2.93 bits per heavy atom. The molecule has 0 bridgehead atoms. The summed E-state index contributed by atoms with van der Waals surface area (Å²) in [6.45, 7) is 4.73. The normalized spacial score (nSPS) is 23.0. The molecular formula is C11H17N3O.